The number of aryl methyl sites for hydroxylation is 2. The lowest BCUT2D eigenvalue weighted by Crippen LogP contribution is -2.20. The van der Waals surface area contributed by atoms with Crippen molar-refractivity contribution in [2.24, 2.45) is 0 Å². The summed E-state index contributed by atoms with van der Waals surface area (Å²) in [4.78, 5) is 12.6. The van der Waals surface area contributed by atoms with Gasteiger partial charge in [0.15, 0.2) is 0 Å². The van der Waals surface area contributed by atoms with Crippen molar-refractivity contribution in [3.8, 4) is 5.75 Å². The highest BCUT2D eigenvalue weighted by Crippen LogP contribution is 2.28. The Bertz CT molecular complexity index is 390. The fourth-order valence-electron chi connectivity index (χ4n) is 1.46. The van der Waals surface area contributed by atoms with Gasteiger partial charge in [0.05, 0.1) is 7.11 Å². The molecule has 3 nitrogen and oxygen atoms in total. The number of rotatable bonds is 2. The molecule has 1 aromatic rings. The van der Waals surface area contributed by atoms with E-state index in [-0.39, 0.29) is 5.24 Å². The number of carbonyl (C=O) groups excluding carboxylic acids is 1. The molecule has 0 atom stereocenters. The van der Waals surface area contributed by atoms with Crippen LogP contribution in [-0.4, -0.2) is 19.4 Å². The number of amides is 1. The largest absolute Gasteiger partial charge is 0.496 e. The molecular weight excluding hydrogens is 210 g/mol. The fourth-order valence-corrected chi connectivity index (χ4v) is 1.57. The van der Waals surface area contributed by atoms with Crippen molar-refractivity contribution < 1.29 is 9.53 Å². The number of anilines is 1. The van der Waals surface area contributed by atoms with E-state index >= 15 is 0 Å². The molecule has 0 aliphatic heterocycles. The summed E-state index contributed by atoms with van der Waals surface area (Å²) in [6.07, 6.45) is 0. The van der Waals surface area contributed by atoms with Gasteiger partial charge in [-0.3, -0.25) is 4.79 Å². The molecule has 0 radical (unpaired) electrons. The van der Waals surface area contributed by atoms with Crippen LogP contribution in [0.3, 0.4) is 0 Å². The van der Waals surface area contributed by atoms with Gasteiger partial charge in [-0.25, -0.2) is 0 Å². The number of thiol groups is 1. The third kappa shape index (κ3) is 2.45. The zero-order valence-electron chi connectivity index (χ0n) is 9.37. The average molecular weight is 225 g/mol. The first-order chi connectivity index (χ1) is 6.97. The number of benzene rings is 1. The standard InChI is InChI=1S/C11H15NO2S/c1-7-6-10(14-4)8(2)5-9(7)12(3)11(13)15/h5-6H,1-4H3,(H,13,15). The highest BCUT2D eigenvalue weighted by Gasteiger charge is 2.11. The molecule has 0 saturated heterocycles. The monoisotopic (exact) mass is 225 g/mol. The quantitative estimate of drug-likeness (QED) is 0.784. The normalized spacial score (nSPS) is 9.93. The SMILES string of the molecule is COc1cc(C)c(N(C)C(=O)S)cc1C. The van der Waals surface area contributed by atoms with Crippen LogP contribution < -0.4 is 9.64 Å². The lowest BCUT2D eigenvalue weighted by molar-refractivity contribution is 0.266. The topological polar surface area (TPSA) is 29.5 Å². The minimum absolute atomic E-state index is 0.275. The summed E-state index contributed by atoms with van der Waals surface area (Å²) in [5, 5.41) is -0.275. The van der Waals surface area contributed by atoms with Crippen molar-refractivity contribution in [2.75, 3.05) is 19.1 Å². The lowest BCUT2D eigenvalue weighted by atomic mass is 10.1. The van der Waals surface area contributed by atoms with E-state index in [0.29, 0.717) is 0 Å². The first kappa shape index (κ1) is 11.9. The van der Waals surface area contributed by atoms with Crippen LogP contribution in [0.2, 0.25) is 0 Å². The molecule has 0 N–H and O–H groups in total. The van der Waals surface area contributed by atoms with E-state index in [4.69, 9.17) is 4.74 Å². The molecule has 4 heteroatoms. The number of hydrogen-bond donors (Lipinski definition) is 1. The fraction of sp³-hybridized carbons (Fsp3) is 0.364. The Hall–Kier alpha value is -1.16. The number of carbonyl (C=O) groups is 1. The number of ether oxygens (including phenoxy) is 1. The molecular formula is C11H15NO2S. The highest BCUT2D eigenvalue weighted by atomic mass is 32.1. The maximum Gasteiger partial charge on any atom is 0.282 e. The van der Waals surface area contributed by atoms with Crippen molar-refractivity contribution in [3.63, 3.8) is 0 Å². The zero-order valence-corrected chi connectivity index (χ0v) is 10.3. The van der Waals surface area contributed by atoms with Crippen molar-refractivity contribution >= 4 is 23.6 Å². The maximum atomic E-state index is 11.1. The van der Waals surface area contributed by atoms with E-state index in [9.17, 15) is 4.79 Å². The molecule has 1 aromatic carbocycles. The molecule has 0 heterocycles. The van der Waals surface area contributed by atoms with Crippen molar-refractivity contribution in [3.05, 3.63) is 23.3 Å². The zero-order chi connectivity index (χ0) is 11.6. The molecule has 0 spiro atoms. The highest BCUT2D eigenvalue weighted by molar-refractivity contribution is 7.96. The van der Waals surface area contributed by atoms with Gasteiger partial charge in [0, 0.05) is 12.7 Å². The van der Waals surface area contributed by atoms with E-state index < -0.39 is 0 Å². The molecule has 0 aromatic heterocycles. The van der Waals surface area contributed by atoms with E-state index in [1.54, 1.807) is 14.2 Å². The Balaban J connectivity index is 3.21. The van der Waals surface area contributed by atoms with Crippen molar-refractivity contribution in [1.29, 1.82) is 0 Å². The van der Waals surface area contributed by atoms with Gasteiger partial charge in [0.1, 0.15) is 5.75 Å². The van der Waals surface area contributed by atoms with Crippen LogP contribution in [-0.2, 0) is 0 Å². The van der Waals surface area contributed by atoms with Gasteiger partial charge in [0.2, 0.25) is 0 Å². The van der Waals surface area contributed by atoms with Crippen molar-refractivity contribution in [2.45, 2.75) is 13.8 Å². The van der Waals surface area contributed by atoms with E-state index in [0.717, 1.165) is 22.6 Å². The van der Waals surface area contributed by atoms with Gasteiger partial charge >= 0.3 is 0 Å². The van der Waals surface area contributed by atoms with Gasteiger partial charge in [-0.05, 0) is 37.1 Å². The van der Waals surface area contributed by atoms with E-state index in [2.05, 4.69) is 12.6 Å². The molecule has 0 saturated carbocycles. The number of methoxy groups -OCH3 is 1. The molecule has 0 fully saturated rings. The summed E-state index contributed by atoms with van der Waals surface area (Å²) in [7, 11) is 3.33. The molecule has 15 heavy (non-hydrogen) atoms. The van der Waals surface area contributed by atoms with E-state index in [1.807, 2.05) is 26.0 Å². The minimum Gasteiger partial charge on any atom is -0.496 e. The Morgan fingerprint density at radius 2 is 1.93 bits per heavy atom. The van der Waals surface area contributed by atoms with Crippen LogP contribution >= 0.6 is 12.6 Å². The van der Waals surface area contributed by atoms with Gasteiger partial charge in [-0.1, -0.05) is 12.6 Å². The summed E-state index contributed by atoms with van der Waals surface area (Å²) >= 11 is 3.79. The Morgan fingerprint density at radius 1 is 1.33 bits per heavy atom. The molecule has 82 valence electrons. The Morgan fingerprint density at radius 3 is 2.40 bits per heavy atom. The summed E-state index contributed by atoms with van der Waals surface area (Å²) in [5.41, 5.74) is 2.84. The van der Waals surface area contributed by atoms with Crippen LogP contribution in [0, 0.1) is 13.8 Å². The molecule has 0 unspecified atom stereocenters. The van der Waals surface area contributed by atoms with Gasteiger partial charge in [-0.15, -0.1) is 0 Å². The second-order valence-electron chi connectivity index (χ2n) is 3.45. The molecule has 0 aliphatic carbocycles. The smallest absolute Gasteiger partial charge is 0.282 e. The van der Waals surface area contributed by atoms with E-state index in [1.165, 1.54) is 4.90 Å². The van der Waals surface area contributed by atoms with Crippen LogP contribution in [0.4, 0.5) is 10.5 Å². The average Bonchev–Trinajstić information content (AvgIpc) is 2.19. The first-order valence-corrected chi connectivity index (χ1v) is 5.04. The molecule has 0 aliphatic rings. The summed E-state index contributed by atoms with van der Waals surface area (Å²) < 4.78 is 5.20. The minimum atomic E-state index is -0.275. The van der Waals surface area contributed by atoms with Gasteiger partial charge in [0.25, 0.3) is 5.24 Å². The Labute approximate surface area is 95.4 Å². The summed E-state index contributed by atoms with van der Waals surface area (Å²) in [6.45, 7) is 3.88. The molecule has 0 bridgehead atoms. The summed E-state index contributed by atoms with van der Waals surface area (Å²) in [6, 6.07) is 3.83. The lowest BCUT2D eigenvalue weighted by Gasteiger charge is -2.18. The summed E-state index contributed by atoms with van der Waals surface area (Å²) in [5.74, 6) is 0.830. The second kappa shape index (κ2) is 4.57. The number of nitrogens with zero attached hydrogens (tertiary/aromatic N) is 1. The van der Waals surface area contributed by atoms with Crippen molar-refractivity contribution in [1.82, 2.24) is 0 Å². The third-order valence-electron chi connectivity index (χ3n) is 2.36. The maximum absolute atomic E-state index is 11.1. The van der Waals surface area contributed by atoms with Crippen LogP contribution in [0.15, 0.2) is 12.1 Å². The van der Waals surface area contributed by atoms with Crippen LogP contribution in [0.1, 0.15) is 11.1 Å². The van der Waals surface area contributed by atoms with Crippen LogP contribution in [0.25, 0.3) is 0 Å². The van der Waals surface area contributed by atoms with Crippen LogP contribution in [0.5, 0.6) is 5.75 Å². The predicted molar refractivity (Wildman–Crippen MR) is 65.3 cm³/mol. The molecule has 1 amide bonds. The van der Waals surface area contributed by atoms with Gasteiger partial charge < -0.3 is 9.64 Å². The second-order valence-corrected chi connectivity index (χ2v) is 3.83. The van der Waals surface area contributed by atoms with Gasteiger partial charge in [-0.2, -0.15) is 0 Å². The predicted octanol–water partition coefficient (Wildman–Crippen LogP) is 2.80. The molecule has 1 rings (SSSR count). The first-order valence-electron chi connectivity index (χ1n) is 4.59. The third-order valence-corrected chi connectivity index (χ3v) is 2.66. The number of hydrogen-bond acceptors (Lipinski definition) is 2. The Kier molecular flexibility index (Phi) is 3.63.